The fourth-order valence-corrected chi connectivity index (χ4v) is 1.01. The Morgan fingerprint density at radius 3 is 2.67 bits per heavy atom. The van der Waals surface area contributed by atoms with Crippen LogP contribution < -0.4 is 0 Å². The molecule has 1 N–H and O–H groups in total. The molecule has 0 saturated carbocycles. The van der Waals surface area contributed by atoms with Crippen molar-refractivity contribution in [2.24, 2.45) is 7.05 Å². The molecule has 0 unspecified atom stereocenters. The van der Waals surface area contributed by atoms with Crippen LogP contribution in [0.5, 0.6) is 0 Å². The van der Waals surface area contributed by atoms with Crippen molar-refractivity contribution in [1.29, 1.82) is 0 Å². The summed E-state index contributed by atoms with van der Waals surface area (Å²) in [6, 6.07) is 0. The van der Waals surface area contributed by atoms with Gasteiger partial charge in [-0.1, -0.05) is 6.58 Å². The molecule has 12 heavy (non-hydrogen) atoms. The third-order valence-electron chi connectivity index (χ3n) is 1.60. The van der Waals surface area contributed by atoms with E-state index in [1.54, 1.807) is 24.9 Å². The Labute approximate surface area is 70.1 Å². The number of rotatable bonds is 2. The molecule has 0 bridgehead atoms. The van der Waals surface area contributed by atoms with Crippen LogP contribution in [0.15, 0.2) is 12.8 Å². The van der Waals surface area contributed by atoms with Gasteiger partial charge in [-0.15, -0.1) is 0 Å². The van der Waals surface area contributed by atoms with Gasteiger partial charge in [-0.05, 0) is 6.92 Å². The van der Waals surface area contributed by atoms with Crippen LogP contribution in [0.25, 0.3) is 5.57 Å². The molecular weight excluding hydrogens is 156 g/mol. The topological polar surface area (TPSA) is 55.1 Å². The van der Waals surface area contributed by atoms with Crippen LogP contribution in [0.4, 0.5) is 0 Å². The summed E-state index contributed by atoms with van der Waals surface area (Å²) in [5, 5.41) is 12.6. The van der Waals surface area contributed by atoms with E-state index >= 15 is 0 Å². The fraction of sp³-hybridized carbons (Fsp3) is 0.250. The second-order valence-electron chi connectivity index (χ2n) is 2.59. The van der Waals surface area contributed by atoms with Gasteiger partial charge in [0.1, 0.15) is 0 Å². The van der Waals surface area contributed by atoms with Gasteiger partial charge in [-0.2, -0.15) is 5.10 Å². The summed E-state index contributed by atoms with van der Waals surface area (Å²) in [7, 11) is 1.74. The fourth-order valence-electron chi connectivity index (χ4n) is 1.01. The first-order valence-electron chi connectivity index (χ1n) is 3.45. The van der Waals surface area contributed by atoms with Gasteiger partial charge in [-0.3, -0.25) is 4.68 Å². The van der Waals surface area contributed by atoms with Crippen LogP contribution in [-0.2, 0) is 11.8 Å². The minimum atomic E-state index is -1.01. The largest absolute Gasteiger partial charge is 0.478 e. The molecule has 0 aromatic carbocycles. The van der Waals surface area contributed by atoms with E-state index in [0.29, 0.717) is 11.3 Å². The molecule has 0 aliphatic heterocycles. The molecule has 0 saturated heterocycles. The van der Waals surface area contributed by atoms with Gasteiger partial charge in [0.15, 0.2) is 0 Å². The van der Waals surface area contributed by atoms with Crippen molar-refractivity contribution in [2.75, 3.05) is 0 Å². The SMILES string of the molecule is C=C(C(=O)O)c1cn(C)nc1C. The highest BCUT2D eigenvalue weighted by Gasteiger charge is 2.12. The highest BCUT2D eigenvalue weighted by molar-refractivity contribution is 6.14. The predicted molar refractivity (Wildman–Crippen MR) is 44.6 cm³/mol. The quantitative estimate of drug-likeness (QED) is 0.662. The summed E-state index contributed by atoms with van der Waals surface area (Å²) in [5.41, 5.74) is 1.36. The Hall–Kier alpha value is -1.58. The van der Waals surface area contributed by atoms with Crippen molar-refractivity contribution in [2.45, 2.75) is 6.92 Å². The number of nitrogens with zero attached hydrogens (tertiary/aromatic N) is 2. The summed E-state index contributed by atoms with van der Waals surface area (Å²) in [4.78, 5) is 10.5. The van der Waals surface area contributed by atoms with Crippen LogP contribution in [0.3, 0.4) is 0 Å². The number of aliphatic carboxylic acids is 1. The molecule has 1 aromatic heterocycles. The van der Waals surface area contributed by atoms with Crippen molar-refractivity contribution in [3.63, 3.8) is 0 Å². The lowest BCUT2D eigenvalue weighted by Crippen LogP contribution is -1.97. The van der Waals surface area contributed by atoms with Gasteiger partial charge in [0, 0.05) is 18.8 Å². The number of hydrogen-bond donors (Lipinski definition) is 1. The van der Waals surface area contributed by atoms with Gasteiger partial charge in [-0.25, -0.2) is 4.79 Å². The van der Waals surface area contributed by atoms with Crippen LogP contribution in [0, 0.1) is 6.92 Å². The maximum absolute atomic E-state index is 10.5. The van der Waals surface area contributed by atoms with Crippen molar-refractivity contribution >= 4 is 11.5 Å². The lowest BCUT2D eigenvalue weighted by Gasteiger charge is -1.94. The molecule has 4 nitrogen and oxygen atoms in total. The lowest BCUT2D eigenvalue weighted by molar-refractivity contribution is -0.130. The summed E-state index contributed by atoms with van der Waals surface area (Å²) < 4.78 is 1.57. The molecule has 0 aliphatic carbocycles. The first-order chi connectivity index (χ1) is 5.52. The summed E-state index contributed by atoms with van der Waals surface area (Å²) >= 11 is 0. The molecule has 4 heteroatoms. The zero-order valence-electron chi connectivity index (χ0n) is 7.03. The second kappa shape index (κ2) is 2.81. The maximum Gasteiger partial charge on any atom is 0.335 e. The lowest BCUT2D eigenvalue weighted by atomic mass is 10.1. The molecule has 0 fully saturated rings. The molecule has 0 spiro atoms. The van der Waals surface area contributed by atoms with E-state index in [0.717, 1.165) is 0 Å². The summed E-state index contributed by atoms with van der Waals surface area (Å²) in [5.74, 6) is -1.01. The Morgan fingerprint density at radius 2 is 2.33 bits per heavy atom. The average molecular weight is 166 g/mol. The van der Waals surface area contributed by atoms with E-state index < -0.39 is 5.97 Å². The van der Waals surface area contributed by atoms with Crippen LogP contribution in [-0.4, -0.2) is 20.9 Å². The van der Waals surface area contributed by atoms with Gasteiger partial charge in [0.25, 0.3) is 0 Å². The predicted octanol–water partition coefficient (Wildman–Crippen LogP) is 0.826. The van der Waals surface area contributed by atoms with E-state index in [1.807, 2.05) is 0 Å². The molecular formula is C8H10N2O2. The zero-order chi connectivity index (χ0) is 9.30. The highest BCUT2D eigenvalue weighted by atomic mass is 16.4. The van der Waals surface area contributed by atoms with E-state index in [4.69, 9.17) is 5.11 Å². The highest BCUT2D eigenvalue weighted by Crippen LogP contribution is 2.15. The normalized spacial score (nSPS) is 9.83. The van der Waals surface area contributed by atoms with Gasteiger partial charge in [0.2, 0.25) is 0 Å². The number of aryl methyl sites for hydroxylation is 2. The van der Waals surface area contributed by atoms with Gasteiger partial charge < -0.3 is 5.11 Å². The smallest absolute Gasteiger partial charge is 0.335 e. The first-order valence-corrected chi connectivity index (χ1v) is 3.45. The Kier molecular flexibility index (Phi) is 1.99. The standard InChI is InChI=1S/C8H10N2O2/c1-5(8(11)12)7-4-10(3)9-6(7)2/h4H,1H2,2-3H3,(H,11,12). The number of carboxylic acid groups (broad SMARTS) is 1. The minimum absolute atomic E-state index is 0.0839. The molecule has 0 amide bonds. The molecule has 64 valence electrons. The summed E-state index contributed by atoms with van der Waals surface area (Å²) in [6.45, 7) is 5.20. The van der Waals surface area contributed by atoms with Gasteiger partial charge in [0.05, 0.1) is 11.3 Å². The average Bonchev–Trinajstić information content (AvgIpc) is 2.28. The monoisotopic (exact) mass is 166 g/mol. The molecule has 1 heterocycles. The van der Waals surface area contributed by atoms with Crippen molar-refractivity contribution < 1.29 is 9.90 Å². The van der Waals surface area contributed by atoms with Crippen molar-refractivity contribution in [3.8, 4) is 0 Å². The van der Waals surface area contributed by atoms with Crippen LogP contribution in [0.2, 0.25) is 0 Å². The Balaban J connectivity index is 3.11. The van der Waals surface area contributed by atoms with Crippen LogP contribution >= 0.6 is 0 Å². The zero-order valence-corrected chi connectivity index (χ0v) is 7.03. The number of hydrogen-bond acceptors (Lipinski definition) is 2. The van der Waals surface area contributed by atoms with Crippen molar-refractivity contribution in [1.82, 2.24) is 9.78 Å². The van der Waals surface area contributed by atoms with E-state index in [2.05, 4.69) is 11.7 Å². The number of aromatic nitrogens is 2. The van der Waals surface area contributed by atoms with E-state index in [1.165, 1.54) is 0 Å². The second-order valence-corrected chi connectivity index (χ2v) is 2.59. The molecule has 0 radical (unpaired) electrons. The maximum atomic E-state index is 10.5. The van der Waals surface area contributed by atoms with E-state index in [9.17, 15) is 4.79 Å². The Bertz CT molecular complexity index is 339. The molecule has 1 aromatic rings. The third-order valence-corrected chi connectivity index (χ3v) is 1.60. The molecule has 0 atom stereocenters. The third kappa shape index (κ3) is 1.37. The molecule has 0 aliphatic rings. The minimum Gasteiger partial charge on any atom is -0.478 e. The van der Waals surface area contributed by atoms with Crippen molar-refractivity contribution in [3.05, 3.63) is 24.0 Å². The number of carbonyl (C=O) groups is 1. The molecule has 1 rings (SSSR count). The summed E-state index contributed by atoms with van der Waals surface area (Å²) in [6.07, 6.45) is 1.64. The van der Waals surface area contributed by atoms with Crippen LogP contribution in [0.1, 0.15) is 11.3 Å². The van der Waals surface area contributed by atoms with E-state index in [-0.39, 0.29) is 5.57 Å². The van der Waals surface area contributed by atoms with Gasteiger partial charge >= 0.3 is 5.97 Å². The first kappa shape index (κ1) is 8.52. The Morgan fingerprint density at radius 1 is 1.75 bits per heavy atom. The number of carboxylic acids is 1.